The number of carbonyl (C=O) groups is 2. The van der Waals surface area contributed by atoms with Gasteiger partial charge in [0.25, 0.3) is 5.91 Å². The molecule has 0 spiro atoms. The van der Waals surface area contributed by atoms with Gasteiger partial charge in [-0.1, -0.05) is 6.07 Å². The van der Waals surface area contributed by atoms with E-state index in [-0.39, 0.29) is 18.4 Å². The molecule has 3 aromatic rings. The number of amides is 2. The monoisotopic (exact) mass is 311 g/mol. The largest absolute Gasteiger partial charge is 0.355 e. The molecule has 0 radical (unpaired) electrons. The summed E-state index contributed by atoms with van der Waals surface area (Å²) in [6.45, 7) is 2.56. The van der Waals surface area contributed by atoms with E-state index in [1.807, 2.05) is 35.7 Å². The lowest BCUT2D eigenvalue weighted by Crippen LogP contribution is -2.27. The molecule has 3 rings (SSSR count). The summed E-state index contributed by atoms with van der Waals surface area (Å²) < 4.78 is 3.36. The van der Waals surface area contributed by atoms with Crippen LogP contribution in [-0.2, 0) is 11.3 Å². The molecule has 3 heterocycles. The summed E-state index contributed by atoms with van der Waals surface area (Å²) in [5.74, 6) is 0.0543. The highest BCUT2D eigenvalue weighted by molar-refractivity contribution is 6.04. The van der Waals surface area contributed by atoms with Crippen molar-refractivity contribution < 1.29 is 9.59 Å². The Balaban J connectivity index is 1.68. The van der Waals surface area contributed by atoms with Gasteiger partial charge in [0.05, 0.1) is 5.56 Å². The molecule has 0 aliphatic heterocycles. The molecule has 118 valence electrons. The third kappa shape index (κ3) is 3.39. The number of carbonyl (C=O) groups excluding carboxylic acids is 2. The second kappa shape index (κ2) is 6.35. The van der Waals surface area contributed by atoms with Gasteiger partial charge >= 0.3 is 0 Å². The van der Waals surface area contributed by atoms with Crippen LogP contribution in [0, 0.1) is 0 Å². The zero-order valence-corrected chi connectivity index (χ0v) is 12.7. The van der Waals surface area contributed by atoms with Gasteiger partial charge in [0.15, 0.2) is 5.82 Å². The molecule has 0 atom stereocenters. The lowest BCUT2D eigenvalue weighted by atomic mass is 10.3. The molecule has 0 fully saturated rings. The summed E-state index contributed by atoms with van der Waals surface area (Å²) in [7, 11) is 0. The molecule has 7 nitrogen and oxygen atoms in total. The highest BCUT2D eigenvalue weighted by Gasteiger charge is 2.11. The van der Waals surface area contributed by atoms with Gasteiger partial charge in [-0.15, -0.1) is 0 Å². The second-order valence-corrected chi connectivity index (χ2v) is 5.07. The molecule has 2 N–H and O–H groups in total. The van der Waals surface area contributed by atoms with E-state index in [0.717, 1.165) is 5.52 Å². The molecular formula is C16H17N5O2. The number of rotatable bonds is 5. The summed E-state index contributed by atoms with van der Waals surface area (Å²) in [6.07, 6.45) is 5.30. The Bertz CT molecular complexity index is 816. The lowest BCUT2D eigenvalue weighted by molar-refractivity contribution is -0.121. The van der Waals surface area contributed by atoms with Gasteiger partial charge in [0.1, 0.15) is 6.54 Å². The Morgan fingerprint density at radius 2 is 2.09 bits per heavy atom. The van der Waals surface area contributed by atoms with Crippen LogP contribution in [0.2, 0.25) is 0 Å². The molecule has 0 saturated carbocycles. The predicted molar refractivity (Wildman–Crippen MR) is 86.3 cm³/mol. The van der Waals surface area contributed by atoms with Gasteiger partial charge in [0, 0.05) is 36.7 Å². The third-order valence-electron chi connectivity index (χ3n) is 3.33. The van der Waals surface area contributed by atoms with Crippen LogP contribution in [0.5, 0.6) is 0 Å². The number of pyridine rings is 1. The zero-order chi connectivity index (χ0) is 16.2. The topological polar surface area (TPSA) is 80.4 Å². The Hall–Kier alpha value is -3.09. The molecule has 23 heavy (non-hydrogen) atoms. The number of likely N-dealkylation sites (N-methyl/N-ethyl adjacent to an activating group) is 1. The summed E-state index contributed by atoms with van der Waals surface area (Å²) in [5.41, 5.74) is 1.49. The average Bonchev–Trinajstić information content (AvgIpc) is 3.14. The number of anilines is 1. The van der Waals surface area contributed by atoms with Crippen molar-refractivity contribution in [1.82, 2.24) is 19.5 Å². The first-order chi connectivity index (χ1) is 11.2. The third-order valence-corrected chi connectivity index (χ3v) is 3.33. The van der Waals surface area contributed by atoms with E-state index < -0.39 is 0 Å². The van der Waals surface area contributed by atoms with E-state index in [2.05, 4.69) is 15.7 Å². The van der Waals surface area contributed by atoms with Gasteiger partial charge in [-0.05, 0) is 25.1 Å². The fourth-order valence-corrected chi connectivity index (χ4v) is 2.28. The summed E-state index contributed by atoms with van der Waals surface area (Å²) in [5, 5.41) is 9.59. The molecule has 0 aliphatic rings. The minimum absolute atomic E-state index is 0.118. The molecule has 0 unspecified atom stereocenters. The summed E-state index contributed by atoms with van der Waals surface area (Å²) >= 11 is 0. The average molecular weight is 311 g/mol. The van der Waals surface area contributed by atoms with Crippen molar-refractivity contribution in [3.8, 4) is 0 Å². The van der Waals surface area contributed by atoms with E-state index in [1.54, 1.807) is 24.5 Å². The van der Waals surface area contributed by atoms with Crippen LogP contribution < -0.4 is 10.6 Å². The molecule has 7 heteroatoms. The van der Waals surface area contributed by atoms with E-state index in [4.69, 9.17) is 0 Å². The van der Waals surface area contributed by atoms with Crippen molar-refractivity contribution in [1.29, 1.82) is 0 Å². The van der Waals surface area contributed by atoms with Crippen molar-refractivity contribution in [2.75, 3.05) is 11.9 Å². The van der Waals surface area contributed by atoms with Crippen molar-refractivity contribution >= 4 is 23.1 Å². The van der Waals surface area contributed by atoms with Crippen molar-refractivity contribution in [2.45, 2.75) is 13.5 Å². The molecular weight excluding hydrogens is 294 g/mol. The van der Waals surface area contributed by atoms with Gasteiger partial charge in [-0.25, -0.2) is 0 Å². The second-order valence-electron chi connectivity index (χ2n) is 5.07. The number of nitrogens with one attached hydrogen (secondary N) is 2. The molecule has 0 aliphatic carbocycles. The number of aromatic nitrogens is 3. The van der Waals surface area contributed by atoms with E-state index in [0.29, 0.717) is 17.9 Å². The Morgan fingerprint density at radius 1 is 1.22 bits per heavy atom. The highest BCUT2D eigenvalue weighted by Crippen LogP contribution is 2.12. The maximum atomic E-state index is 12.3. The molecule has 0 aromatic carbocycles. The Labute approximate surface area is 132 Å². The van der Waals surface area contributed by atoms with Crippen LogP contribution in [0.1, 0.15) is 17.3 Å². The van der Waals surface area contributed by atoms with Crippen LogP contribution in [0.3, 0.4) is 0 Å². The summed E-state index contributed by atoms with van der Waals surface area (Å²) in [4.78, 5) is 23.8. The maximum absolute atomic E-state index is 12.3. The van der Waals surface area contributed by atoms with E-state index in [1.165, 1.54) is 4.68 Å². The number of hydrogen-bond acceptors (Lipinski definition) is 3. The van der Waals surface area contributed by atoms with Crippen LogP contribution in [-0.4, -0.2) is 32.5 Å². The molecule has 0 saturated heterocycles. The molecule has 3 aromatic heterocycles. The first-order valence-corrected chi connectivity index (χ1v) is 7.34. The van der Waals surface area contributed by atoms with E-state index >= 15 is 0 Å². The first kappa shape index (κ1) is 14.8. The Kier molecular flexibility index (Phi) is 4.09. The number of hydrogen-bond donors (Lipinski definition) is 2. The highest BCUT2D eigenvalue weighted by atomic mass is 16.2. The maximum Gasteiger partial charge on any atom is 0.258 e. The number of fused-ring (bicyclic) bond motifs is 1. The quantitative estimate of drug-likeness (QED) is 0.750. The smallest absolute Gasteiger partial charge is 0.258 e. The molecule has 2 amide bonds. The van der Waals surface area contributed by atoms with Gasteiger partial charge in [-0.2, -0.15) is 5.10 Å². The normalized spacial score (nSPS) is 10.7. The minimum atomic E-state index is -0.239. The SMILES string of the molecule is CCNC(=O)Cn1ccc(NC(=O)c2cc3ccccn3c2)n1. The van der Waals surface area contributed by atoms with Crippen molar-refractivity contribution in [2.24, 2.45) is 0 Å². The van der Waals surface area contributed by atoms with Crippen LogP contribution in [0.4, 0.5) is 5.82 Å². The van der Waals surface area contributed by atoms with Gasteiger partial charge in [-0.3, -0.25) is 14.3 Å². The van der Waals surface area contributed by atoms with Crippen molar-refractivity contribution in [3.63, 3.8) is 0 Å². The fourth-order valence-electron chi connectivity index (χ4n) is 2.28. The predicted octanol–water partition coefficient (Wildman–Crippen LogP) is 1.52. The van der Waals surface area contributed by atoms with Crippen molar-refractivity contribution in [3.05, 3.63) is 54.5 Å². The lowest BCUT2D eigenvalue weighted by Gasteiger charge is -2.02. The van der Waals surface area contributed by atoms with Gasteiger partial charge in [0.2, 0.25) is 5.91 Å². The van der Waals surface area contributed by atoms with E-state index in [9.17, 15) is 9.59 Å². The fraction of sp³-hybridized carbons (Fsp3) is 0.188. The molecule has 0 bridgehead atoms. The van der Waals surface area contributed by atoms with Crippen LogP contribution in [0.25, 0.3) is 5.52 Å². The standard InChI is InChI=1S/C16H17N5O2/c1-2-17-15(22)11-21-8-6-14(19-21)18-16(23)12-9-13-5-3-4-7-20(13)10-12/h3-10H,2,11H2,1H3,(H,17,22)(H,18,19,23). The van der Waals surface area contributed by atoms with Crippen LogP contribution >= 0.6 is 0 Å². The summed E-state index contributed by atoms with van der Waals surface area (Å²) in [6, 6.07) is 9.21. The van der Waals surface area contributed by atoms with Crippen LogP contribution in [0.15, 0.2) is 48.9 Å². The zero-order valence-electron chi connectivity index (χ0n) is 12.7. The first-order valence-electron chi connectivity index (χ1n) is 7.34. The number of nitrogens with zero attached hydrogens (tertiary/aromatic N) is 3. The Morgan fingerprint density at radius 3 is 2.87 bits per heavy atom. The minimum Gasteiger partial charge on any atom is -0.355 e. The van der Waals surface area contributed by atoms with Gasteiger partial charge < -0.3 is 15.0 Å².